The lowest BCUT2D eigenvalue weighted by Gasteiger charge is -2.20. The number of hydrogen-bond donors (Lipinski definition) is 2. The summed E-state index contributed by atoms with van der Waals surface area (Å²) < 4.78 is 0. The average molecular weight is 241 g/mol. The van der Waals surface area contributed by atoms with E-state index in [1.54, 1.807) is 6.20 Å². The van der Waals surface area contributed by atoms with Crippen molar-refractivity contribution in [3.05, 3.63) is 47.9 Å². The molecule has 18 heavy (non-hydrogen) atoms. The molecule has 2 aromatic rings. The fourth-order valence-corrected chi connectivity index (χ4v) is 1.70. The summed E-state index contributed by atoms with van der Waals surface area (Å²) in [7, 11) is 1.93. The van der Waals surface area contributed by atoms with Gasteiger partial charge in [0.1, 0.15) is 11.5 Å². The second kappa shape index (κ2) is 4.83. The summed E-state index contributed by atoms with van der Waals surface area (Å²) in [5, 5.41) is 7.27. The highest BCUT2D eigenvalue weighted by atomic mass is 15.2. The Bertz CT molecular complexity index is 562. The summed E-state index contributed by atoms with van der Waals surface area (Å²) in [6, 6.07) is 8.05. The molecule has 1 heterocycles. The van der Waals surface area contributed by atoms with Gasteiger partial charge in [0.15, 0.2) is 5.82 Å². The van der Waals surface area contributed by atoms with Crippen LogP contribution in [0.15, 0.2) is 36.7 Å². The highest BCUT2D eigenvalue weighted by Gasteiger charge is 2.08. The summed E-state index contributed by atoms with van der Waals surface area (Å²) in [4.78, 5) is 10.3. The van der Waals surface area contributed by atoms with E-state index in [1.807, 2.05) is 43.1 Å². The Morgan fingerprint density at radius 3 is 2.50 bits per heavy atom. The van der Waals surface area contributed by atoms with E-state index in [0.717, 1.165) is 11.3 Å². The normalized spacial score (nSPS) is 10.1. The van der Waals surface area contributed by atoms with Gasteiger partial charge in [-0.05, 0) is 18.6 Å². The highest BCUT2D eigenvalue weighted by Crippen LogP contribution is 2.23. The van der Waals surface area contributed by atoms with Crippen LogP contribution in [-0.2, 0) is 0 Å². The number of benzene rings is 1. The maximum Gasteiger partial charge on any atom is 0.151 e. The van der Waals surface area contributed by atoms with Crippen LogP contribution in [0.1, 0.15) is 11.3 Å². The van der Waals surface area contributed by atoms with Crippen LogP contribution in [0.4, 0.5) is 11.5 Å². The maximum absolute atomic E-state index is 7.27. The largest absolute Gasteiger partial charge is 0.382 e. The van der Waals surface area contributed by atoms with E-state index in [4.69, 9.17) is 11.1 Å². The van der Waals surface area contributed by atoms with Crippen LogP contribution in [0.5, 0.6) is 0 Å². The molecular formula is C13H15N5. The Morgan fingerprint density at radius 2 is 1.94 bits per heavy atom. The lowest BCUT2D eigenvalue weighted by Crippen LogP contribution is -2.16. The molecule has 0 unspecified atom stereocenters. The van der Waals surface area contributed by atoms with Gasteiger partial charge in [0, 0.05) is 12.7 Å². The topological polar surface area (TPSA) is 78.9 Å². The van der Waals surface area contributed by atoms with Crippen LogP contribution in [0.25, 0.3) is 0 Å². The minimum Gasteiger partial charge on any atom is -0.382 e. The van der Waals surface area contributed by atoms with Crippen molar-refractivity contribution in [2.24, 2.45) is 5.73 Å². The Kier molecular flexibility index (Phi) is 3.23. The number of hydrogen-bond acceptors (Lipinski definition) is 4. The number of nitrogen functional groups attached to an aromatic ring is 1. The summed E-state index contributed by atoms with van der Waals surface area (Å²) in [6.07, 6.45) is 3.12. The number of amidine groups is 1. The second-order valence-electron chi connectivity index (χ2n) is 4.02. The van der Waals surface area contributed by atoms with Crippen molar-refractivity contribution in [3.8, 4) is 0 Å². The Morgan fingerprint density at radius 1 is 1.22 bits per heavy atom. The minimum absolute atomic E-state index is 0.0763. The van der Waals surface area contributed by atoms with Gasteiger partial charge in [0.25, 0.3) is 0 Å². The Hall–Kier alpha value is -2.43. The molecule has 0 radical (unpaired) electrons. The molecule has 0 atom stereocenters. The first-order chi connectivity index (χ1) is 8.59. The number of nitrogens with two attached hydrogens (primary N) is 1. The molecule has 0 fully saturated rings. The SMILES string of the molecule is Cc1ccccc1N(C)c1cnc(C(=N)N)cn1. The van der Waals surface area contributed by atoms with Crippen LogP contribution in [0, 0.1) is 12.3 Å². The van der Waals surface area contributed by atoms with Crippen LogP contribution < -0.4 is 10.6 Å². The Balaban J connectivity index is 2.32. The molecule has 2 rings (SSSR count). The third-order valence-corrected chi connectivity index (χ3v) is 2.73. The molecule has 0 spiro atoms. The van der Waals surface area contributed by atoms with Crippen molar-refractivity contribution in [1.29, 1.82) is 5.41 Å². The van der Waals surface area contributed by atoms with E-state index in [-0.39, 0.29) is 5.84 Å². The molecule has 0 aliphatic rings. The first kappa shape index (κ1) is 12.0. The third-order valence-electron chi connectivity index (χ3n) is 2.73. The van der Waals surface area contributed by atoms with Gasteiger partial charge in [-0.25, -0.2) is 9.97 Å². The van der Waals surface area contributed by atoms with E-state index in [0.29, 0.717) is 11.5 Å². The van der Waals surface area contributed by atoms with Gasteiger partial charge in [-0.15, -0.1) is 0 Å². The van der Waals surface area contributed by atoms with Gasteiger partial charge < -0.3 is 10.6 Å². The maximum atomic E-state index is 7.27. The average Bonchev–Trinajstić information content (AvgIpc) is 2.38. The van der Waals surface area contributed by atoms with Gasteiger partial charge in [-0.1, -0.05) is 18.2 Å². The summed E-state index contributed by atoms with van der Waals surface area (Å²) in [6.45, 7) is 2.04. The van der Waals surface area contributed by atoms with E-state index < -0.39 is 0 Å². The minimum atomic E-state index is -0.0763. The zero-order valence-electron chi connectivity index (χ0n) is 10.4. The van der Waals surface area contributed by atoms with Gasteiger partial charge in [-0.3, -0.25) is 5.41 Å². The number of rotatable bonds is 3. The molecule has 1 aromatic carbocycles. The predicted molar refractivity (Wildman–Crippen MR) is 72.3 cm³/mol. The number of anilines is 2. The van der Waals surface area contributed by atoms with Gasteiger partial charge >= 0.3 is 0 Å². The van der Waals surface area contributed by atoms with E-state index in [2.05, 4.69) is 9.97 Å². The van der Waals surface area contributed by atoms with Crippen molar-refractivity contribution < 1.29 is 0 Å². The summed E-state index contributed by atoms with van der Waals surface area (Å²) in [5.41, 5.74) is 7.96. The molecule has 0 aliphatic heterocycles. The first-order valence-corrected chi connectivity index (χ1v) is 5.55. The molecule has 5 nitrogen and oxygen atoms in total. The van der Waals surface area contributed by atoms with Crippen molar-refractivity contribution in [1.82, 2.24) is 9.97 Å². The fraction of sp³-hybridized carbons (Fsp3) is 0.154. The van der Waals surface area contributed by atoms with Crippen molar-refractivity contribution >= 4 is 17.3 Å². The van der Waals surface area contributed by atoms with Gasteiger partial charge in [-0.2, -0.15) is 0 Å². The molecule has 5 heteroatoms. The molecule has 0 saturated carbocycles. The zero-order chi connectivity index (χ0) is 13.1. The van der Waals surface area contributed by atoms with Crippen LogP contribution in [0.2, 0.25) is 0 Å². The third kappa shape index (κ3) is 2.29. The lowest BCUT2D eigenvalue weighted by molar-refractivity contribution is 1.07. The molecule has 0 amide bonds. The van der Waals surface area contributed by atoms with E-state index >= 15 is 0 Å². The summed E-state index contributed by atoms with van der Waals surface area (Å²) in [5.74, 6) is 0.641. The zero-order valence-corrected chi connectivity index (χ0v) is 10.4. The molecule has 1 aromatic heterocycles. The lowest BCUT2D eigenvalue weighted by atomic mass is 10.2. The van der Waals surface area contributed by atoms with E-state index in [1.165, 1.54) is 6.20 Å². The number of para-hydroxylation sites is 1. The quantitative estimate of drug-likeness (QED) is 0.634. The standard InChI is InChI=1S/C13H15N5/c1-9-5-3-4-6-11(9)18(2)12-8-16-10(7-17-12)13(14)15/h3-8H,1-2H3,(H3,14,15). The van der Waals surface area contributed by atoms with Crippen LogP contribution >= 0.6 is 0 Å². The molecule has 0 bridgehead atoms. The summed E-state index contributed by atoms with van der Waals surface area (Å²) >= 11 is 0. The molecule has 92 valence electrons. The number of aryl methyl sites for hydroxylation is 1. The monoisotopic (exact) mass is 241 g/mol. The molecule has 0 saturated heterocycles. The first-order valence-electron chi connectivity index (χ1n) is 5.55. The highest BCUT2D eigenvalue weighted by molar-refractivity contribution is 5.92. The van der Waals surface area contributed by atoms with Crippen LogP contribution in [0.3, 0.4) is 0 Å². The number of nitrogens with zero attached hydrogens (tertiary/aromatic N) is 3. The van der Waals surface area contributed by atoms with Gasteiger partial charge in [0.05, 0.1) is 12.4 Å². The van der Waals surface area contributed by atoms with E-state index in [9.17, 15) is 0 Å². The van der Waals surface area contributed by atoms with Crippen molar-refractivity contribution in [2.45, 2.75) is 6.92 Å². The molecule has 0 aliphatic carbocycles. The smallest absolute Gasteiger partial charge is 0.151 e. The fourth-order valence-electron chi connectivity index (χ4n) is 1.70. The van der Waals surface area contributed by atoms with Crippen LogP contribution in [-0.4, -0.2) is 22.9 Å². The number of aromatic nitrogens is 2. The van der Waals surface area contributed by atoms with Gasteiger partial charge in [0.2, 0.25) is 0 Å². The second-order valence-corrected chi connectivity index (χ2v) is 4.02. The predicted octanol–water partition coefficient (Wildman–Crippen LogP) is 1.84. The van der Waals surface area contributed by atoms with Crippen molar-refractivity contribution in [3.63, 3.8) is 0 Å². The Labute approximate surface area is 106 Å². The molecular weight excluding hydrogens is 226 g/mol. The number of nitrogens with one attached hydrogen (secondary N) is 1. The van der Waals surface area contributed by atoms with Crippen molar-refractivity contribution in [2.75, 3.05) is 11.9 Å². The molecule has 3 N–H and O–H groups in total.